The van der Waals surface area contributed by atoms with E-state index in [9.17, 15) is 0 Å². The maximum atomic E-state index is 6.06. The number of likely N-dealkylation sites (N-methyl/N-ethyl adjacent to an activating group) is 1. The van der Waals surface area contributed by atoms with Crippen molar-refractivity contribution in [1.29, 1.82) is 0 Å². The topological polar surface area (TPSA) is 21.3 Å². The molecule has 0 unspecified atom stereocenters. The lowest BCUT2D eigenvalue weighted by molar-refractivity contribution is 0.0845. The zero-order valence-corrected chi connectivity index (χ0v) is 8.27. The predicted octanol–water partition coefficient (Wildman–Crippen LogP) is 2.13. The Morgan fingerprint density at radius 3 is 3.15 bits per heavy atom. The first kappa shape index (κ1) is 9.00. The highest BCUT2D eigenvalue weighted by atomic mass is 35.5. The number of benzene rings is 1. The quantitative estimate of drug-likeness (QED) is 0.745. The molecule has 0 saturated carbocycles. The molecule has 0 amide bonds. The van der Waals surface area contributed by atoms with Crippen molar-refractivity contribution in [2.45, 2.75) is 12.6 Å². The Balaban J connectivity index is 2.45. The van der Waals surface area contributed by atoms with Crippen molar-refractivity contribution >= 4 is 11.6 Å². The number of ether oxygens (including phenoxy) is 1. The van der Waals surface area contributed by atoms with Crippen LogP contribution in [0, 0.1) is 0 Å². The second kappa shape index (κ2) is 3.66. The molecule has 0 spiro atoms. The van der Waals surface area contributed by atoms with Crippen LogP contribution in [0.3, 0.4) is 0 Å². The third-order valence-electron chi connectivity index (χ3n) is 2.41. The van der Waals surface area contributed by atoms with E-state index < -0.39 is 0 Å². The van der Waals surface area contributed by atoms with Gasteiger partial charge in [0.15, 0.2) is 0 Å². The standard InChI is InChI=1S/C10H12ClNO/c1-12-10-6-13-5-8-7(10)3-2-4-9(8)11/h2-4,10,12H,5-6H2,1H3/t10-/m1/s1. The zero-order valence-electron chi connectivity index (χ0n) is 7.51. The van der Waals surface area contributed by atoms with Gasteiger partial charge in [0.2, 0.25) is 0 Å². The summed E-state index contributed by atoms with van der Waals surface area (Å²) in [6, 6.07) is 6.27. The summed E-state index contributed by atoms with van der Waals surface area (Å²) in [5.41, 5.74) is 2.39. The minimum absolute atomic E-state index is 0.280. The maximum absolute atomic E-state index is 6.06. The molecule has 2 rings (SSSR count). The van der Waals surface area contributed by atoms with Gasteiger partial charge in [0.05, 0.1) is 19.3 Å². The number of hydrogen-bond donors (Lipinski definition) is 1. The van der Waals surface area contributed by atoms with Gasteiger partial charge in [-0.15, -0.1) is 0 Å². The first-order valence-electron chi connectivity index (χ1n) is 4.35. The summed E-state index contributed by atoms with van der Waals surface area (Å²) in [6.45, 7) is 1.36. The largest absolute Gasteiger partial charge is 0.375 e. The summed E-state index contributed by atoms with van der Waals surface area (Å²) < 4.78 is 5.43. The first-order valence-corrected chi connectivity index (χ1v) is 4.73. The fourth-order valence-electron chi connectivity index (χ4n) is 1.66. The number of rotatable bonds is 1. The highest BCUT2D eigenvalue weighted by Crippen LogP contribution is 2.29. The monoisotopic (exact) mass is 197 g/mol. The smallest absolute Gasteiger partial charge is 0.0735 e. The van der Waals surface area contributed by atoms with E-state index in [1.54, 1.807) is 0 Å². The van der Waals surface area contributed by atoms with Crippen LogP contribution in [-0.4, -0.2) is 13.7 Å². The Labute approximate surface area is 82.9 Å². The summed E-state index contributed by atoms with van der Waals surface area (Å²) in [7, 11) is 1.93. The lowest BCUT2D eigenvalue weighted by Crippen LogP contribution is -2.26. The molecule has 1 aliphatic rings. The summed E-state index contributed by atoms with van der Waals surface area (Å²) in [5.74, 6) is 0. The average Bonchev–Trinajstić information content (AvgIpc) is 2.18. The fourth-order valence-corrected chi connectivity index (χ4v) is 1.90. The van der Waals surface area contributed by atoms with E-state index >= 15 is 0 Å². The zero-order chi connectivity index (χ0) is 9.26. The Morgan fingerprint density at radius 1 is 1.54 bits per heavy atom. The molecule has 0 bridgehead atoms. The molecule has 0 fully saturated rings. The molecular weight excluding hydrogens is 186 g/mol. The van der Waals surface area contributed by atoms with Crippen LogP contribution in [0.25, 0.3) is 0 Å². The van der Waals surface area contributed by atoms with E-state index in [0.717, 1.165) is 17.2 Å². The number of nitrogens with one attached hydrogen (secondary N) is 1. The first-order chi connectivity index (χ1) is 6.33. The fraction of sp³-hybridized carbons (Fsp3) is 0.400. The van der Waals surface area contributed by atoms with Crippen molar-refractivity contribution in [3.05, 3.63) is 34.3 Å². The van der Waals surface area contributed by atoms with Gasteiger partial charge in [-0.3, -0.25) is 0 Å². The van der Waals surface area contributed by atoms with Crippen LogP contribution >= 0.6 is 11.6 Å². The second-order valence-electron chi connectivity index (χ2n) is 3.16. The van der Waals surface area contributed by atoms with Crippen LogP contribution in [0.5, 0.6) is 0 Å². The van der Waals surface area contributed by atoms with E-state index in [0.29, 0.717) is 6.61 Å². The molecule has 1 N–H and O–H groups in total. The Morgan fingerprint density at radius 2 is 2.38 bits per heavy atom. The third kappa shape index (κ3) is 1.57. The minimum Gasteiger partial charge on any atom is -0.375 e. The van der Waals surface area contributed by atoms with Crippen molar-refractivity contribution in [2.75, 3.05) is 13.7 Å². The molecule has 0 radical (unpaired) electrons. The van der Waals surface area contributed by atoms with E-state index in [4.69, 9.17) is 16.3 Å². The number of fused-ring (bicyclic) bond motifs is 1. The Bertz CT molecular complexity index is 314. The highest BCUT2D eigenvalue weighted by Gasteiger charge is 2.20. The lowest BCUT2D eigenvalue weighted by Gasteiger charge is -2.25. The molecule has 70 valence electrons. The van der Waals surface area contributed by atoms with E-state index in [-0.39, 0.29) is 6.04 Å². The van der Waals surface area contributed by atoms with Crippen LogP contribution in [0.1, 0.15) is 17.2 Å². The summed E-state index contributed by atoms with van der Waals surface area (Å²) in [4.78, 5) is 0. The van der Waals surface area contributed by atoms with E-state index in [1.165, 1.54) is 5.56 Å². The molecule has 1 aliphatic heterocycles. The third-order valence-corrected chi connectivity index (χ3v) is 2.76. The molecule has 1 atom stereocenters. The number of halogens is 1. The van der Waals surface area contributed by atoms with Gasteiger partial charge in [-0.25, -0.2) is 0 Å². The van der Waals surface area contributed by atoms with Gasteiger partial charge in [0.25, 0.3) is 0 Å². The van der Waals surface area contributed by atoms with E-state index in [1.807, 2.05) is 19.2 Å². The number of hydrogen-bond acceptors (Lipinski definition) is 2. The van der Waals surface area contributed by atoms with Crippen LogP contribution < -0.4 is 5.32 Å². The summed E-state index contributed by atoms with van der Waals surface area (Å²) >= 11 is 6.06. The maximum Gasteiger partial charge on any atom is 0.0735 e. The van der Waals surface area contributed by atoms with Gasteiger partial charge in [0.1, 0.15) is 0 Å². The van der Waals surface area contributed by atoms with Crippen molar-refractivity contribution in [3.63, 3.8) is 0 Å². The van der Waals surface area contributed by atoms with Crippen molar-refractivity contribution in [2.24, 2.45) is 0 Å². The minimum atomic E-state index is 0.280. The van der Waals surface area contributed by atoms with Crippen LogP contribution in [0.2, 0.25) is 5.02 Å². The van der Waals surface area contributed by atoms with Crippen LogP contribution in [-0.2, 0) is 11.3 Å². The van der Waals surface area contributed by atoms with Crippen molar-refractivity contribution in [3.8, 4) is 0 Å². The molecule has 13 heavy (non-hydrogen) atoms. The molecule has 2 nitrogen and oxygen atoms in total. The van der Waals surface area contributed by atoms with Gasteiger partial charge in [-0.1, -0.05) is 23.7 Å². The molecule has 1 aromatic carbocycles. The molecule has 0 aliphatic carbocycles. The SMILES string of the molecule is CN[C@@H]1COCc2c(Cl)cccc21. The van der Waals surface area contributed by atoms with Crippen molar-refractivity contribution < 1.29 is 4.74 Å². The highest BCUT2D eigenvalue weighted by molar-refractivity contribution is 6.31. The molecule has 0 saturated heterocycles. The Kier molecular flexibility index (Phi) is 2.54. The van der Waals surface area contributed by atoms with Gasteiger partial charge >= 0.3 is 0 Å². The lowest BCUT2D eigenvalue weighted by atomic mass is 9.99. The summed E-state index contributed by atoms with van der Waals surface area (Å²) in [6.07, 6.45) is 0. The molecular formula is C10H12ClNO. The molecule has 1 aromatic rings. The van der Waals surface area contributed by atoms with Gasteiger partial charge in [-0.05, 0) is 18.7 Å². The van der Waals surface area contributed by atoms with Gasteiger partial charge in [-0.2, -0.15) is 0 Å². The predicted molar refractivity (Wildman–Crippen MR) is 52.9 cm³/mol. The van der Waals surface area contributed by atoms with Crippen LogP contribution in [0.15, 0.2) is 18.2 Å². The molecule has 1 heterocycles. The van der Waals surface area contributed by atoms with Gasteiger partial charge < -0.3 is 10.1 Å². The van der Waals surface area contributed by atoms with E-state index in [2.05, 4.69) is 11.4 Å². The average molecular weight is 198 g/mol. The molecule has 0 aromatic heterocycles. The van der Waals surface area contributed by atoms with Gasteiger partial charge in [0, 0.05) is 10.6 Å². The second-order valence-corrected chi connectivity index (χ2v) is 3.57. The molecule has 3 heteroatoms. The van der Waals surface area contributed by atoms with Crippen molar-refractivity contribution in [1.82, 2.24) is 5.32 Å². The normalized spacial score (nSPS) is 21.2. The summed E-state index contributed by atoms with van der Waals surface area (Å²) in [5, 5.41) is 4.01. The Hall–Kier alpha value is -0.570. The van der Waals surface area contributed by atoms with Crippen LogP contribution in [0.4, 0.5) is 0 Å².